The first-order chi connectivity index (χ1) is 12.8. The predicted molar refractivity (Wildman–Crippen MR) is 89.6 cm³/mol. The van der Waals surface area contributed by atoms with Crippen LogP contribution in [0.1, 0.15) is 31.9 Å². The number of hydrogen-bond acceptors (Lipinski definition) is 8. The highest BCUT2D eigenvalue weighted by molar-refractivity contribution is 5.89. The molecule has 0 aliphatic carbocycles. The van der Waals surface area contributed by atoms with Crippen molar-refractivity contribution in [2.24, 2.45) is 16.7 Å². The number of nitro benzene ring substituents is 1. The van der Waals surface area contributed by atoms with E-state index in [9.17, 15) is 25.9 Å². The average molecular weight is 365 g/mol. The van der Waals surface area contributed by atoms with Crippen LogP contribution in [-0.2, 0) is 9.47 Å². The summed E-state index contributed by atoms with van der Waals surface area (Å²) in [5, 5.41) is 49.3. The largest absolute Gasteiger partial charge is 0.447 e. The fourth-order valence-electron chi connectivity index (χ4n) is 4.15. The monoisotopic (exact) mass is 365 g/mol. The number of nitro groups is 1. The molecule has 4 unspecified atom stereocenters. The molecule has 2 aliphatic heterocycles. The summed E-state index contributed by atoms with van der Waals surface area (Å²) >= 11 is 0. The molecule has 9 heteroatoms. The molecule has 2 bridgehead atoms. The number of nitrogens with one attached hydrogen (secondary N) is 1. The third kappa shape index (κ3) is 1.96. The molecule has 3 rings (SSSR count). The van der Waals surface area contributed by atoms with Gasteiger partial charge in [0.15, 0.2) is 5.41 Å². The third-order valence-electron chi connectivity index (χ3n) is 5.68. The van der Waals surface area contributed by atoms with E-state index in [0.29, 0.717) is 0 Å². The smallest absolute Gasteiger partial charge is 0.269 e. The van der Waals surface area contributed by atoms with Gasteiger partial charge in [0.05, 0.1) is 29.0 Å². The van der Waals surface area contributed by atoms with Crippen LogP contribution in [-0.4, -0.2) is 16.6 Å². The minimum atomic E-state index is -2.11. The van der Waals surface area contributed by atoms with Crippen LogP contribution < -0.4 is 0 Å². The van der Waals surface area contributed by atoms with Crippen LogP contribution in [0.4, 0.5) is 5.69 Å². The topological polar surface area (TPSA) is 157 Å². The highest BCUT2D eigenvalue weighted by Gasteiger charge is 2.78. The fraction of sp³-hybridized carbons (Fsp3) is 0.444. The van der Waals surface area contributed by atoms with Crippen molar-refractivity contribution in [1.29, 1.82) is 21.2 Å². The van der Waals surface area contributed by atoms with Gasteiger partial charge < -0.3 is 9.47 Å². The maximum atomic E-state index is 11.1. The Hall–Kier alpha value is -3.48. The van der Waals surface area contributed by atoms with Gasteiger partial charge in [0.2, 0.25) is 17.1 Å². The lowest BCUT2D eigenvalue weighted by molar-refractivity contribution is -0.385. The molecule has 2 heterocycles. The van der Waals surface area contributed by atoms with Crippen molar-refractivity contribution in [1.82, 2.24) is 0 Å². The second-order valence-electron chi connectivity index (χ2n) is 6.62. The summed E-state index contributed by atoms with van der Waals surface area (Å²) in [6, 6.07) is 11.2. The maximum absolute atomic E-state index is 11.1. The maximum Gasteiger partial charge on any atom is 0.269 e. The molecule has 0 radical (unpaired) electrons. The first-order valence-electron chi connectivity index (χ1n) is 8.22. The van der Waals surface area contributed by atoms with E-state index in [1.165, 1.54) is 24.3 Å². The van der Waals surface area contributed by atoms with Gasteiger partial charge >= 0.3 is 0 Å². The van der Waals surface area contributed by atoms with E-state index in [1.807, 2.05) is 18.2 Å². The van der Waals surface area contributed by atoms with Crippen LogP contribution in [0.3, 0.4) is 0 Å². The molecule has 136 valence electrons. The van der Waals surface area contributed by atoms with Gasteiger partial charge in [0.25, 0.3) is 5.69 Å². The summed E-state index contributed by atoms with van der Waals surface area (Å²) in [6.07, 6.45) is -1.04. The number of rotatable bonds is 3. The molecule has 9 nitrogen and oxygen atoms in total. The van der Waals surface area contributed by atoms with Crippen LogP contribution >= 0.6 is 0 Å². The summed E-state index contributed by atoms with van der Waals surface area (Å²) in [4.78, 5) is 10.5. The number of fused-ring (bicyclic) bond motifs is 2. The van der Waals surface area contributed by atoms with Gasteiger partial charge in [-0.05, 0) is 5.56 Å². The Morgan fingerprint density at radius 2 is 1.96 bits per heavy atom. The lowest BCUT2D eigenvalue weighted by Crippen LogP contribution is -2.58. The lowest BCUT2D eigenvalue weighted by atomic mass is 9.53. The molecule has 1 aromatic rings. The molecule has 0 saturated carbocycles. The Kier molecular flexibility index (Phi) is 3.91. The van der Waals surface area contributed by atoms with Crippen LogP contribution in [0, 0.1) is 66.3 Å². The van der Waals surface area contributed by atoms with Crippen LogP contribution in [0.2, 0.25) is 0 Å². The van der Waals surface area contributed by atoms with Crippen molar-refractivity contribution >= 4 is 11.6 Å². The predicted octanol–water partition coefficient (Wildman–Crippen LogP) is 2.96. The Labute approximate surface area is 155 Å². The zero-order chi connectivity index (χ0) is 20.0. The molecular formula is C18H15N5O4. The van der Waals surface area contributed by atoms with Gasteiger partial charge in [-0.15, -0.1) is 0 Å². The van der Waals surface area contributed by atoms with Gasteiger partial charge in [-0.25, -0.2) is 0 Å². The number of ether oxygens (including phenoxy) is 2. The molecule has 4 atom stereocenters. The third-order valence-corrected chi connectivity index (χ3v) is 5.68. The van der Waals surface area contributed by atoms with Crippen molar-refractivity contribution in [3.8, 4) is 18.2 Å². The molecular weight excluding hydrogens is 350 g/mol. The molecule has 2 aliphatic rings. The first-order valence-corrected chi connectivity index (χ1v) is 8.22. The highest BCUT2D eigenvalue weighted by Crippen LogP contribution is 2.67. The highest BCUT2D eigenvalue weighted by atomic mass is 16.7. The number of hydrogen-bond donors (Lipinski definition) is 1. The summed E-state index contributed by atoms with van der Waals surface area (Å²) in [6.45, 7) is 3.36. The number of non-ortho nitro benzene ring substituents is 1. The van der Waals surface area contributed by atoms with Gasteiger partial charge in [0, 0.05) is 18.6 Å². The molecule has 2 fully saturated rings. The normalized spacial score (nSPS) is 33.2. The Balaban J connectivity index is 2.33. The first kappa shape index (κ1) is 18.3. The molecule has 0 spiro atoms. The van der Waals surface area contributed by atoms with Gasteiger partial charge in [-0.3, -0.25) is 15.5 Å². The summed E-state index contributed by atoms with van der Waals surface area (Å²) in [5.41, 5.74) is -4.00. The van der Waals surface area contributed by atoms with Crippen molar-refractivity contribution in [2.75, 3.05) is 0 Å². The van der Waals surface area contributed by atoms with E-state index in [4.69, 9.17) is 14.9 Å². The second-order valence-corrected chi connectivity index (χ2v) is 6.62. The molecule has 0 amide bonds. The van der Waals surface area contributed by atoms with E-state index in [0.717, 1.165) is 0 Å². The summed E-state index contributed by atoms with van der Waals surface area (Å²) < 4.78 is 11.7. The van der Waals surface area contributed by atoms with Crippen molar-refractivity contribution in [3.05, 3.63) is 39.9 Å². The van der Waals surface area contributed by atoms with Crippen molar-refractivity contribution in [2.45, 2.75) is 32.2 Å². The zero-order valence-corrected chi connectivity index (χ0v) is 14.6. The Morgan fingerprint density at radius 3 is 2.48 bits per heavy atom. The SMILES string of the molecule is CCC12OC(=N)C(C#N)(C1C)C(C#N)(C#N)C(c1cccc([N+](=O)[O-])c1)O2. The number of nitrogens with zero attached hydrogens (tertiary/aromatic N) is 4. The number of nitriles is 3. The Morgan fingerprint density at radius 1 is 1.30 bits per heavy atom. The minimum absolute atomic E-state index is 0.204. The minimum Gasteiger partial charge on any atom is -0.447 e. The fourth-order valence-corrected chi connectivity index (χ4v) is 4.15. The second kappa shape index (κ2) is 5.77. The van der Waals surface area contributed by atoms with E-state index in [-0.39, 0.29) is 17.7 Å². The van der Waals surface area contributed by atoms with Crippen LogP contribution in [0.5, 0.6) is 0 Å². The van der Waals surface area contributed by atoms with E-state index in [1.54, 1.807) is 13.8 Å². The van der Waals surface area contributed by atoms with Crippen molar-refractivity contribution < 1.29 is 14.4 Å². The van der Waals surface area contributed by atoms with Crippen molar-refractivity contribution in [3.63, 3.8) is 0 Å². The van der Waals surface area contributed by atoms with E-state index < -0.39 is 39.5 Å². The zero-order valence-electron chi connectivity index (χ0n) is 14.6. The molecule has 0 aromatic heterocycles. The molecule has 1 N–H and O–H groups in total. The quantitative estimate of drug-likeness (QED) is 0.637. The number of benzene rings is 1. The average Bonchev–Trinajstić information content (AvgIpc) is 2.84. The Bertz CT molecular complexity index is 957. The van der Waals surface area contributed by atoms with Crippen LogP contribution in [0.25, 0.3) is 0 Å². The molecule has 2 saturated heterocycles. The van der Waals surface area contributed by atoms with E-state index >= 15 is 0 Å². The van der Waals surface area contributed by atoms with Gasteiger partial charge in [0.1, 0.15) is 6.10 Å². The van der Waals surface area contributed by atoms with Gasteiger partial charge in [-0.1, -0.05) is 26.0 Å². The van der Waals surface area contributed by atoms with Crippen LogP contribution in [0.15, 0.2) is 24.3 Å². The lowest BCUT2D eigenvalue weighted by Gasteiger charge is -2.48. The van der Waals surface area contributed by atoms with E-state index in [2.05, 4.69) is 0 Å². The molecule has 1 aromatic carbocycles. The summed E-state index contributed by atoms with van der Waals surface area (Å²) in [5.74, 6) is -2.63. The van der Waals surface area contributed by atoms with Gasteiger partial charge in [-0.2, -0.15) is 15.8 Å². The summed E-state index contributed by atoms with van der Waals surface area (Å²) in [7, 11) is 0. The standard InChI is InChI=1S/C18H15N5O4/c1-3-18-11(2)17(10-21,15(22)27-18)16(8-19,9-20)14(26-18)12-5-4-6-13(7-12)23(24)25/h4-7,11,14,22H,3H2,1-2H3. The molecule has 27 heavy (non-hydrogen) atoms.